The zero-order valence-electron chi connectivity index (χ0n) is 18.1. The molecule has 3 heterocycles. The molecule has 0 saturated heterocycles. The highest BCUT2D eigenvalue weighted by Crippen LogP contribution is 2.27. The van der Waals surface area contributed by atoms with Gasteiger partial charge in [-0.15, -0.1) is 5.10 Å². The maximum atomic E-state index is 11.7. The Morgan fingerprint density at radius 3 is 2.56 bits per heavy atom. The number of aryl methyl sites for hydroxylation is 2. The summed E-state index contributed by atoms with van der Waals surface area (Å²) in [6.07, 6.45) is -5.08. The fourth-order valence-electron chi connectivity index (χ4n) is 3.09. The van der Waals surface area contributed by atoms with Crippen molar-refractivity contribution in [2.45, 2.75) is 32.1 Å². The number of aromatic nitrogens is 4. The lowest BCUT2D eigenvalue weighted by Crippen LogP contribution is -2.36. The van der Waals surface area contributed by atoms with Crippen molar-refractivity contribution in [1.82, 2.24) is 30.0 Å². The van der Waals surface area contributed by atoms with Crippen molar-refractivity contribution in [3.05, 3.63) is 28.9 Å². The number of carboxylic acid groups (broad SMARTS) is 1. The smallest absolute Gasteiger partial charge is 0.475 e. The van der Waals surface area contributed by atoms with Crippen molar-refractivity contribution >= 4 is 11.9 Å². The van der Waals surface area contributed by atoms with Gasteiger partial charge in [0.15, 0.2) is 0 Å². The summed E-state index contributed by atoms with van der Waals surface area (Å²) in [7, 11) is 5.33. The molecule has 14 heteroatoms. The van der Waals surface area contributed by atoms with E-state index in [2.05, 4.69) is 20.4 Å². The average Bonchev–Trinajstić information content (AvgIpc) is 3.26. The Kier molecular flexibility index (Phi) is 8.32. The van der Waals surface area contributed by atoms with Crippen LogP contribution in [0.4, 0.5) is 13.2 Å². The molecule has 1 atom stereocenters. The van der Waals surface area contributed by atoms with Gasteiger partial charge in [-0.05, 0) is 6.92 Å². The third-order valence-corrected chi connectivity index (χ3v) is 4.53. The maximum absolute atomic E-state index is 11.7. The van der Waals surface area contributed by atoms with E-state index in [1.807, 2.05) is 20.0 Å². The zero-order chi connectivity index (χ0) is 24.1. The summed E-state index contributed by atoms with van der Waals surface area (Å²) in [5.41, 5.74) is 2.92. The molecule has 0 spiro atoms. The highest BCUT2D eigenvalue weighted by Gasteiger charge is 2.38. The van der Waals surface area contributed by atoms with Crippen molar-refractivity contribution in [3.8, 4) is 0 Å². The summed E-state index contributed by atoms with van der Waals surface area (Å²) < 4.78 is 44.3. The van der Waals surface area contributed by atoms with Gasteiger partial charge in [0.05, 0.1) is 18.0 Å². The van der Waals surface area contributed by atoms with E-state index in [1.165, 1.54) is 4.90 Å². The van der Waals surface area contributed by atoms with Crippen LogP contribution in [0.2, 0.25) is 0 Å². The monoisotopic (exact) mass is 462 g/mol. The fourth-order valence-corrected chi connectivity index (χ4v) is 3.09. The van der Waals surface area contributed by atoms with E-state index in [4.69, 9.17) is 19.2 Å². The van der Waals surface area contributed by atoms with Crippen LogP contribution in [0.15, 0.2) is 10.6 Å². The quantitative estimate of drug-likeness (QED) is 0.667. The lowest BCUT2D eigenvalue weighted by atomic mass is 9.99. The number of fused-ring (bicyclic) bond motifs is 1. The van der Waals surface area contributed by atoms with Crippen LogP contribution in [-0.4, -0.2) is 87.0 Å². The molecule has 0 aliphatic carbocycles. The first-order valence-electron chi connectivity index (χ1n) is 9.49. The number of halogens is 3. The van der Waals surface area contributed by atoms with Gasteiger partial charge in [0, 0.05) is 52.8 Å². The first-order chi connectivity index (χ1) is 14.9. The standard InChI is InChI=1S/C16H24N6O3.C2HF3O2/c1-11-5-13(18-25-11)7-22-6-12(9-24-10-15(23)20(2)3)16-14(8-22)17-19-21(16)4;3-2(4,5)1(6)7/h5,12H,6-10H2,1-4H3;(H,6,7). The number of rotatable bonds is 6. The van der Waals surface area contributed by atoms with Crippen LogP contribution in [0.5, 0.6) is 0 Å². The van der Waals surface area contributed by atoms with Crippen LogP contribution in [0.25, 0.3) is 0 Å². The van der Waals surface area contributed by atoms with Gasteiger partial charge in [-0.25, -0.2) is 4.79 Å². The summed E-state index contributed by atoms with van der Waals surface area (Å²) in [6, 6.07) is 1.94. The average molecular weight is 462 g/mol. The van der Waals surface area contributed by atoms with Gasteiger partial charge >= 0.3 is 12.1 Å². The molecule has 11 nitrogen and oxygen atoms in total. The normalized spacial score (nSPS) is 16.2. The number of amides is 1. The Bertz CT molecular complexity index is 927. The molecule has 1 aliphatic heterocycles. The van der Waals surface area contributed by atoms with E-state index in [0.29, 0.717) is 19.7 Å². The molecule has 0 radical (unpaired) electrons. The number of nitrogens with zero attached hydrogens (tertiary/aromatic N) is 6. The second-order valence-corrected chi connectivity index (χ2v) is 7.45. The Balaban J connectivity index is 0.000000451. The van der Waals surface area contributed by atoms with E-state index < -0.39 is 12.1 Å². The maximum Gasteiger partial charge on any atom is 0.490 e. The number of ether oxygens (including phenoxy) is 1. The lowest BCUT2D eigenvalue weighted by molar-refractivity contribution is -0.192. The zero-order valence-corrected chi connectivity index (χ0v) is 18.1. The molecule has 1 N–H and O–H groups in total. The molecular formula is C18H25F3N6O5. The first-order valence-corrected chi connectivity index (χ1v) is 9.49. The third-order valence-electron chi connectivity index (χ3n) is 4.53. The molecule has 0 bridgehead atoms. The second-order valence-electron chi connectivity index (χ2n) is 7.45. The Labute approximate surface area is 181 Å². The number of carboxylic acids is 1. The topological polar surface area (TPSA) is 127 Å². The molecule has 1 unspecified atom stereocenters. The van der Waals surface area contributed by atoms with Crippen LogP contribution in [0.1, 0.15) is 28.8 Å². The minimum absolute atomic E-state index is 0.0471. The minimum Gasteiger partial charge on any atom is -0.475 e. The van der Waals surface area contributed by atoms with Crippen molar-refractivity contribution in [2.24, 2.45) is 7.05 Å². The number of hydrogen-bond acceptors (Lipinski definition) is 8. The van der Waals surface area contributed by atoms with E-state index in [1.54, 1.807) is 18.8 Å². The van der Waals surface area contributed by atoms with E-state index in [0.717, 1.165) is 29.4 Å². The number of hydrogen-bond donors (Lipinski definition) is 1. The predicted octanol–water partition coefficient (Wildman–Crippen LogP) is 0.949. The third kappa shape index (κ3) is 7.02. The van der Waals surface area contributed by atoms with Gasteiger partial charge in [-0.3, -0.25) is 14.4 Å². The van der Waals surface area contributed by atoms with Crippen LogP contribution < -0.4 is 0 Å². The lowest BCUT2D eigenvalue weighted by Gasteiger charge is -2.31. The van der Waals surface area contributed by atoms with Gasteiger partial charge in [0.25, 0.3) is 0 Å². The van der Waals surface area contributed by atoms with E-state index in [-0.39, 0.29) is 18.4 Å². The fraction of sp³-hybridized carbons (Fsp3) is 0.611. The van der Waals surface area contributed by atoms with Crippen LogP contribution >= 0.6 is 0 Å². The largest absolute Gasteiger partial charge is 0.490 e. The van der Waals surface area contributed by atoms with Crippen molar-refractivity contribution in [2.75, 3.05) is 33.9 Å². The molecule has 2 aromatic rings. The van der Waals surface area contributed by atoms with Gasteiger partial charge in [0.2, 0.25) is 5.91 Å². The predicted molar refractivity (Wildman–Crippen MR) is 102 cm³/mol. The molecule has 2 aromatic heterocycles. The number of carbonyl (C=O) groups excluding carboxylic acids is 1. The van der Waals surface area contributed by atoms with Gasteiger partial charge in [-0.1, -0.05) is 10.4 Å². The highest BCUT2D eigenvalue weighted by molar-refractivity contribution is 5.76. The Morgan fingerprint density at radius 1 is 1.38 bits per heavy atom. The molecule has 3 rings (SSSR count). The molecule has 0 saturated carbocycles. The molecule has 1 aliphatic rings. The highest BCUT2D eigenvalue weighted by atomic mass is 19.4. The molecule has 32 heavy (non-hydrogen) atoms. The summed E-state index contributed by atoms with van der Waals surface area (Å²) in [6.45, 7) is 4.58. The molecular weight excluding hydrogens is 437 g/mol. The summed E-state index contributed by atoms with van der Waals surface area (Å²) in [5.74, 6) is -1.90. The van der Waals surface area contributed by atoms with Crippen LogP contribution in [0.3, 0.4) is 0 Å². The summed E-state index contributed by atoms with van der Waals surface area (Å²) in [4.78, 5) is 24.4. The van der Waals surface area contributed by atoms with Gasteiger partial charge < -0.3 is 19.3 Å². The molecule has 178 valence electrons. The van der Waals surface area contributed by atoms with E-state index >= 15 is 0 Å². The SMILES string of the molecule is Cc1cc(CN2Cc3nnn(C)c3C(COCC(=O)N(C)C)C2)no1.O=C(O)C(F)(F)F. The molecule has 0 fully saturated rings. The minimum atomic E-state index is -5.08. The number of likely N-dealkylation sites (N-methyl/N-ethyl adjacent to an activating group) is 1. The van der Waals surface area contributed by atoms with Crippen LogP contribution in [-0.2, 0) is 34.5 Å². The Morgan fingerprint density at radius 2 is 2.03 bits per heavy atom. The Hall–Kier alpha value is -3.00. The molecule has 0 aromatic carbocycles. The van der Waals surface area contributed by atoms with Crippen molar-refractivity contribution < 1.29 is 37.1 Å². The number of carbonyl (C=O) groups is 2. The number of alkyl halides is 3. The summed E-state index contributed by atoms with van der Waals surface area (Å²) >= 11 is 0. The first kappa shape index (κ1) is 25.3. The second kappa shape index (κ2) is 10.5. The molecule has 1 amide bonds. The van der Waals surface area contributed by atoms with Gasteiger partial charge in [0.1, 0.15) is 18.1 Å². The van der Waals surface area contributed by atoms with Crippen molar-refractivity contribution in [1.29, 1.82) is 0 Å². The van der Waals surface area contributed by atoms with Crippen molar-refractivity contribution in [3.63, 3.8) is 0 Å². The van der Waals surface area contributed by atoms with Gasteiger partial charge in [-0.2, -0.15) is 13.2 Å². The van der Waals surface area contributed by atoms with Crippen LogP contribution in [0, 0.1) is 6.92 Å². The summed E-state index contributed by atoms with van der Waals surface area (Å²) in [5, 5.41) is 19.6. The number of aliphatic carboxylic acids is 1. The van der Waals surface area contributed by atoms with E-state index in [9.17, 15) is 18.0 Å².